The summed E-state index contributed by atoms with van der Waals surface area (Å²) in [6.07, 6.45) is 1.74. The van der Waals surface area contributed by atoms with E-state index in [1.54, 1.807) is 32.9 Å². The van der Waals surface area contributed by atoms with Crippen LogP contribution in [0.3, 0.4) is 0 Å². The van der Waals surface area contributed by atoms with Crippen molar-refractivity contribution in [3.05, 3.63) is 35.9 Å². The van der Waals surface area contributed by atoms with Crippen LogP contribution in [0.5, 0.6) is 0 Å². The van der Waals surface area contributed by atoms with Crippen molar-refractivity contribution in [2.45, 2.75) is 52.0 Å². The number of rotatable bonds is 10. The van der Waals surface area contributed by atoms with Gasteiger partial charge in [-0.15, -0.1) is 6.58 Å². The van der Waals surface area contributed by atoms with Gasteiger partial charge in [0.25, 0.3) is 5.91 Å². The van der Waals surface area contributed by atoms with Crippen LogP contribution in [0.1, 0.15) is 38.3 Å². The first-order valence-electron chi connectivity index (χ1n) is 8.83. The van der Waals surface area contributed by atoms with Gasteiger partial charge in [-0.25, -0.2) is 8.42 Å². The zero-order chi connectivity index (χ0) is 19.9. The second-order valence-electron chi connectivity index (χ2n) is 6.08. The van der Waals surface area contributed by atoms with Gasteiger partial charge < -0.3 is 10.1 Å². The lowest BCUT2D eigenvalue weighted by molar-refractivity contribution is -0.126. The van der Waals surface area contributed by atoms with Crippen molar-refractivity contribution in [2.75, 3.05) is 25.0 Å². The molecular formula is C19H30N2O4S. The Hall–Kier alpha value is -1.70. The van der Waals surface area contributed by atoms with E-state index in [9.17, 15) is 13.2 Å². The first-order chi connectivity index (χ1) is 12.2. The maximum atomic E-state index is 12.8. The summed E-state index contributed by atoms with van der Waals surface area (Å²) < 4.78 is 32.4. The van der Waals surface area contributed by atoms with Gasteiger partial charge in [0, 0.05) is 18.8 Å². The molecule has 0 fully saturated rings. The van der Waals surface area contributed by atoms with Gasteiger partial charge in [-0.1, -0.05) is 19.9 Å². The molecule has 0 radical (unpaired) electrons. The largest absolute Gasteiger partial charge is 0.368 e. The van der Waals surface area contributed by atoms with Crippen LogP contribution in [-0.4, -0.2) is 44.4 Å². The molecule has 1 aromatic rings. The number of carbonyl (C=O) groups excluding carboxylic acids is 1. The summed E-state index contributed by atoms with van der Waals surface area (Å²) in [5.74, 6) is -0.311. The third-order valence-electron chi connectivity index (χ3n) is 4.30. The SMILES string of the molecule is C=CCCOC(C)C(=O)Nc1cc(S(=O)(=O)N(CC)CC)cc(C)c1C. The van der Waals surface area contributed by atoms with Crippen molar-refractivity contribution in [3.8, 4) is 0 Å². The molecular weight excluding hydrogens is 352 g/mol. The van der Waals surface area contributed by atoms with Gasteiger partial charge in [0.1, 0.15) is 6.10 Å². The highest BCUT2D eigenvalue weighted by Crippen LogP contribution is 2.26. The fourth-order valence-electron chi connectivity index (χ4n) is 2.46. The van der Waals surface area contributed by atoms with Gasteiger partial charge in [-0.2, -0.15) is 4.31 Å². The van der Waals surface area contributed by atoms with Crippen LogP contribution >= 0.6 is 0 Å². The Morgan fingerprint density at radius 3 is 2.46 bits per heavy atom. The van der Waals surface area contributed by atoms with Gasteiger partial charge in [0.05, 0.1) is 11.5 Å². The zero-order valence-corrected chi connectivity index (χ0v) is 17.1. The minimum absolute atomic E-state index is 0.180. The van der Waals surface area contributed by atoms with E-state index in [0.717, 1.165) is 11.1 Å². The number of aryl methyl sites for hydroxylation is 1. The number of nitrogens with one attached hydrogen (secondary N) is 1. The van der Waals surface area contributed by atoms with Crippen LogP contribution in [0.4, 0.5) is 5.69 Å². The molecule has 1 rings (SSSR count). The predicted molar refractivity (Wildman–Crippen MR) is 105 cm³/mol. The fourth-order valence-corrected chi connectivity index (χ4v) is 4.03. The highest BCUT2D eigenvalue weighted by atomic mass is 32.2. The monoisotopic (exact) mass is 382 g/mol. The van der Waals surface area contributed by atoms with E-state index in [2.05, 4.69) is 11.9 Å². The standard InChI is InChI=1S/C19H30N2O4S/c1-7-10-11-25-16(6)19(22)20-18-13-17(12-14(4)15(18)5)26(23,24)21(8-2)9-3/h7,12-13,16H,1,8-11H2,2-6H3,(H,20,22). The van der Waals surface area contributed by atoms with E-state index in [-0.39, 0.29) is 10.8 Å². The van der Waals surface area contributed by atoms with E-state index in [0.29, 0.717) is 31.8 Å². The molecule has 0 aromatic heterocycles. The van der Waals surface area contributed by atoms with Crippen LogP contribution in [0.15, 0.2) is 29.7 Å². The lowest BCUT2D eigenvalue weighted by Crippen LogP contribution is -2.31. The van der Waals surface area contributed by atoms with Crippen molar-refractivity contribution < 1.29 is 17.9 Å². The van der Waals surface area contributed by atoms with Crippen molar-refractivity contribution in [1.29, 1.82) is 0 Å². The molecule has 1 unspecified atom stereocenters. The van der Waals surface area contributed by atoms with E-state index < -0.39 is 16.1 Å². The molecule has 1 aromatic carbocycles. The topological polar surface area (TPSA) is 75.7 Å². The van der Waals surface area contributed by atoms with Crippen LogP contribution < -0.4 is 5.32 Å². The van der Waals surface area contributed by atoms with Crippen LogP contribution in [-0.2, 0) is 19.6 Å². The van der Waals surface area contributed by atoms with E-state index in [1.807, 2.05) is 13.8 Å². The first kappa shape index (κ1) is 22.3. The van der Waals surface area contributed by atoms with Crippen LogP contribution in [0.25, 0.3) is 0 Å². The Balaban J connectivity index is 3.12. The van der Waals surface area contributed by atoms with Crippen LogP contribution in [0, 0.1) is 13.8 Å². The van der Waals surface area contributed by atoms with Gasteiger partial charge >= 0.3 is 0 Å². The predicted octanol–water partition coefficient (Wildman–Crippen LogP) is 3.25. The lowest BCUT2D eigenvalue weighted by Gasteiger charge is -2.21. The average molecular weight is 383 g/mol. The van der Waals surface area contributed by atoms with Crippen LogP contribution in [0.2, 0.25) is 0 Å². The van der Waals surface area contributed by atoms with Crippen molar-refractivity contribution >= 4 is 21.6 Å². The maximum absolute atomic E-state index is 12.8. The van der Waals surface area contributed by atoms with Crippen molar-refractivity contribution in [3.63, 3.8) is 0 Å². The van der Waals surface area contributed by atoms with Gasteiger partial charge in [-0.3, -0.25) is 4.79 Å². The molecule has 0 saturated heterocycles. The number of hydrogen-bond donors (Lipinski definition) is 1. The Morgan fingerprint density at radius 2 is 1.92 bits per heavy atom. The van der Waals surface area contributed by atoms with Crippen molar-refractivity contribution in [1.82, 2.24) is 4.31 Å². The highest BCUT2D eigenvalue weighted by Gasteiger charge is 2.24. The smallest absolute Gasteiger partial charge is 0.253 e. The number of ether oxygens (including phenoxy) is 1. The van der Waals surface area contributed by atoms with Gasteiger partial charge in [0.2, 0.25) is 10.0 Å². The maximum Gasteiger partial charge on any atom is 0.253 e. The second kappa shape index (κ2) is 9.85. The Labute approximate surface area is 157 Å². The molecule has 0 aliphatic carbocycles. The molecule has 0 heterocycles. The number of amides is 1. The molecule has 0 bridgehead atoms. The quantitative estimate of drug-likeness (QED) is 0.498. The number of sulfonamides is 1. The fraction of sp³-hybridized carbons (Fsp3) is 0.526. The lowest BCUT2D eigenvalue weighted by atomic mass is 10.1. The minimum atomic E-state index is -3.60. The summed E-state index contributed by atoms with van der Waals surface area (Å²) in [4.78, 5) is 12.5. The van der Waals surface area contributed by atoms with Gasteiger partial charge in [-0.05, 0) is 50.5 Å². The second-order valence-corrected chi connectivity index (χ2v) is 8.02. The zero-order valence-electron chi connectivity index (χ0n) is 16.3. The summed E-state index contributed by atoms with van der Waals surface area (Å²) in [5.41, 5.74) is 2.11. The summed E-state index contributed by atoms with van der Waals surface area (Å²) in [5, 5.41) is 2.79. The van der Waals surface area contributed by atoms with E-state index in [1.165, 1.54) is 10.4 Å². The summed E-state index contributed by atoms with van der Waals surface area (Å²) in [6, 6.07) is 3.16. The van der Waals surface area contributed by atoms with Crippen molar-refractivity contribution in [2.24, 2.45) is 0 Å². The molecule has 1 atom stereocenters. The Morgan fingerprint density at radius 1 is 1.31 bits per heavy atom. The Bertz CT molecular complexity index is 740. The number of benzene rings is 1. The average Bonchev–Trinajstić information content (AvgIpc) is 2.59. The highest BCUT2D eigenvalue weighted by molar-refractivity contribution is 7.89. The molecule has 146 valence electrons. The molecule has 7 heteroatoms. The molecule has 26 heavy (non-hydrogen) atoms. The summed E-state index contributed by atoms with van der Waals surface area (Å²) in [6.45, 7) is 13.7. The Kier molecular flexibility index (Phi) is 8.46. The molecule has 6 nitrogen and oxygen atoms in total. The molecule has 0 aliphatic heterocycles. The number of hydrogen-bond acceptors (Lipinski definition) is 4. The molecule has 1 N–H and O–H groups in total. The third-order valence-corrected chi connectivity index (χ3v) is 6.33. The molecule has 0 spiro atoms. The van der Waals surface area contributed by atoms with E-state index in [4.69, 9.17) is 4.74 Å². The number of carbonyl (C=O) groups is 1. The van der Waals surface area contributed by atoms with E-state index >= 15 is 0 Å². The van der Waals surface area contributed by atoms with Gasteiger partial charge in [0.15, 0.2) is 0 Å². The molecule has 1 amide bonds. The molecule has 0 saturated carbocycles. The summed E-state index contributed by atoms with van der Waals surface area (Å²) in [7, 11) is -3.60. The third kappa shape index (κ3) is 5.40. The minimum Gasteiger partial charge on any atom is -0.368 e. The number of anilines is 1. The number of nitrogens with zero attached hydrogens (tertiary/aromatic N) is 1. The summed E-state index contributed by atoms with van der Waals surface area (Å²) >= 11 is 0. The normalized spacial score (nSPS) is 12.8. The molecule has 0 aliphatic rings. The first-order valence-corrected chi connectivity index (χ1v) is 10.3.